The van der Waals surface area contributed by atoms with Crippen LogP contribution in [0, 0.1) is 0 Å². The summed E-state index contributed by atoms with van der Waals surface area (Å²) >= 11 is 0. The monoisotopic (exact) mass is 483 g/mol. The number of rotatable bonds is 6. The van der Waals surface area contributed by atoms with Gasteiger partial charge in [0.15, 0.2) is 0 Å². The number of phenolic OH excluding ortho intramolecular Hbond substituents is 1. The van der Waals surface area contributed by atoms with E-state index in [-0.39, 0.29) is 17.6 Å². The molecule has 2 aliphatic rings. The van der Waals surface area contributed by atoms with Gasteiger partial charge in [-0.15, -0.1) is 0 Å². The van der Waals surface area contributed by atoms with Crippen molar-refractivity contribution in [3.63, 3.8) is 0 Å². The second-order valence-corrected chi connectivity index (χ2v) is 9.20. The number of hydrogen-bond acceptors (Lipinski definition) is 4. The molecule has 1 N–H and O–H groups in total. The van der Waals surface area contributed by atoms with Gasteiger partial charge >= 0.3 is 6.18 Å². The zero-order valence-corrected chi connectivity index (χ0v) is 19.3. The molecular weight excluding hydrogens is 455 g/mol. The summed E-state index contributed by atoms with van der Waals surface area (Å²) < 4.78 is 51.1. The van der Waals surface area contributed by atoms with Crippen LogP contribution in [0.1, 0.15) is 46.9 Å². The van der Waals surface area contributed by atoms with Gasteiger partial charge in [0, 0.05) is 30.0 Å². The third kappa shape index (κ3) is 5.25. The molecule has 3 aromatic carbocycles. The maximum absolute atomic E-state index is 13.1. The molecule has 0 spiro atoms. The Kier molecular flexibility index (Phi) is 6.60. The Balaban J connectivity index is 1.40. The molecule has 4 nitrogen and oxygen atoms in total. The second kappa shape index (κ2) is 9.82. The third-order valence-corrected chi connectivity index (χ3v) is 6.93. The number of hydrogen-bond donors (Lipinski definition) is 1. The minimum Gasteiger partial charge on any atom is -0.508 e. The van der Waals surface area contributed by atoms with Crippen LogP contribution >= 0.6 is 0 Å². The van der Waals surface area contributed by atoms with Crippen LogP contribution < -0.4 is 9.47 Å². The van der Waals surface area contributed by atoms with E-state index in [1.807, 2.05) is 30.3 Å². The molecular formula is C28H28F3NO3. The number of ether oxygens (including phenoxy) is 2. The lowest BCUT2D eigenvalue weighted by Crippen LogP contribution is -2.25. The number of likely N-dealkylation sites (tertiary alicyclic amines) is 1. The summed E-state index contributed by atoms with van der Waals surface area (Å²) in [5.41, 5.74) is 2.00. The topological polar surface area (TPSA) is 41.9 Å². The summed E-state index contributed by atoms with van der Waals surface area (Å²) in [6, 6.07) is 18.2. The van der Waals surface area contributed by atoms with E-state index in [1.54, 1.807) is 12.1 Å². The largest absolute Gasteiger partial charge is 0.508 e. The highest BCUT2D eigenvalue weighted by atomic mass is 19.4. The van der Waals surface area contributed by atoms with E-state index < -0.39 is 11.7 Å². The zero-order valence-electron chi connectivity index (χ0n) is 19.3. The van der Waals surface area contributed by atoms with Crippen LogP contribution in [-0.2, 0) is 6.18 Å². The molecule has 0 radical (unpaired) electrons. The first-order valence-electron chi connectivity index (χ1n) is 12.0. The average molecular weight is 484 g/mol. The molecule has 5 rings (SSSR count). The van der Waals surface area contributed by atoms with Crippen molar-refractivity contribution in [1.82, 2.24) is 4.90 Å². The fourth-order valence-corrected chi connectivity index (χ4v) is 5.09. The molecule has 0 aliphatic carbocycles. The minimum atomic E-state index is -4.38. The fraction of sp³-hybridized carbons (Fsp3) is 0.357. The van der Waals surface area contributed by atoms with Crippen molar-refractivity contribution in [3.8, 4) is 17.2 Å². The van der Waals surface area contributed by atoms with Gasteiger partial charge < -0.3 is 14.6 Å². The molecule has 2 aliphatic heterocycles. The Morgan fingerprint density at radius 1 is 0.914 bits per heavy atom. The van der Waals surface area contributed by atoms with E-state index in [9.17, 15) is 18.3 Å². The van der Waals surface area contributed by atoms with Crippen LogP contribution in [0.5, 0.6) is 17.2 Å². The Labute approximate surface area is 202 Å². The fourth-order valence-electron chi connectivity index (χ4n) is 5.09. The van der Waals surface area contributed by atoms with Crippen LogP contribution in [0.2, 0.25) is 0 Å². The van der Waals surface area contributed by atoms with Crippen LogP contribution in [0.4, 0.5) is 13.2 Å². The smallest absolute Gasteiger partial charge is 0.416 e. The lowest BCUT2D eigenvalue weighted by molar-refractivity contribution is -0.137. The number of aromatic hydroxyl groups is 1. The Bertz CT molecular complexity index is 1140. The Morgan fingerprint density at radius 3 is 2.29 bits per heavy atom. The van der Waals surface area contributed by atoms with E-state index in [1.165, 1.54) is 25.0 Å². The summed E-state index contributed by atoms with van der Waals surface area (Å²) in [4.78, 5) is 2.40. The van der Waals surface area contributed by atoms with Gasteiger partial charge in [-0.2, -0.15) is 13.2 Å². The van der Waals surface area contributed by atoms with E-state index in [0.29, 0.717) is 19.0 Å². The number of fused-ring (bicyclic) bond motifs is 1. The van der Waals surface area contributed by atoms with Crippen LogP contribution in [0.15, 0.2) is 66.7 Å². The van der Waals surface area contributed by atoms with Gasteiger partial charge in [0.1, 0.15) is 23.9 Å². The Hall–Kier alpha value is -3.19. The van der Waals surface area contributed by atoms with E-state index in [0.717, 1.165) is 54.2 Å². The van der Waals surface area contributed by atoms with Crippen molar-refractivity contribution < 1.29 is 27.8 Å². The number of halogens is 3. The lowest BCUT2D eigenvalue weighted by atomic mass is 9.75. The van der Waals surface area contributed by atoms with Crippen LogP contribution in [0.3, 0.4) is 0 Å². The number of alkyl halides is 3. The molecule has 35 heavy (non-hydrogen) atoms. The van der Waals surface area contributed by atoms with Crippen molar-refractivity contribution >= 4 is 0 Å². The molecule has 3 aromatic rings. The summed E-state index contributed by atoms with van der Waals surface area (Å²) in [5, 5.41) is 9.93. The molecule has 7 heteroatoms. The minimum absolute atomic E-state index is 0.109. The SMILES string of the molecule is Oc1ccc2c(c1)OC[C@H](c1ccc(C(F)(F)F)cc1)[C@@H]2c1ccc(OCCN2CCCC2)cc1. The zero-order chi connectivity index (χ0) is 24.4. The molecule has 0 amide bonds. The number of phenols is 1. The van der Waals surface area contributed by atoms with Crippen molar-refractivity contribution in [2.75, 3.05) is 32.8 Å². The average Bonchev–Trinajstić information content (AvgIpc) is 3.37. The maximum Gasteiger partial charge on any atom is 0.416 e. The van der Waals surface area contributed by atoms with Gasteiger partial charge in [-0.05, 0) is 67.4 Å². The van der Waals surface area contributed by atoms with Crippen molar-refractivity contribution in [2.24, 2.45) is 0 Å². The predicted octanol–water partition coefficient (Wildman–Crippen LogP) is 6.19. The quantitative estimate of drug-likeness (QED) is 0.454. The van der Waals surface area contributed by atoms with Crippen LogP contribution in [0.25, 0.3) is 0 Å². The summed E-state index contributed by atoms with van der Waals surface area (Å²) in [6.07, 6.45) is -1.88. The molecule has 1 fully saturated rings. The van der Waals surface area contributed by atoms with Gasteiger partial charge in [-0.1, -0.05) is 30.3 Å². The van der Waals surface area contributed by atoms with E-state index in [2.05, 4.69) is 4.90 Å². The first-order valence-corrected chi connectivity index (χ1v) is 12.0. The van der Waals surface area contributed by atoms with Gasteiger partial charge in [-0.25, -0.2) is 0 Å². The first kappa shape index (κ1) is 23.5. The third-order valence-electron chi connectivity index (χ3n) is 6.93. The Morgan fingerprint density at radius 2 is 1.60 bits per heavy atom. The highest BCUT2D eigenvalue weighted by Gasteiger charge is 2.35. The predicted molar refractivity (Wildman–Crippen MR) is 127 cm³/mol. The number of nitrogens with zero attached hydrogens (tertiary/aromatic N) is 1. The lowest BCUT2D eigenvalue weighted by Gasteiger charge is -2.34. The van der Waals surface area contributed by atoms with E-state index in [4.69, 9.17) is 9.47 Å². The van der Waals surface area contributed by atoms with E-state index >= 15 is 0 Å². The van der Waals surface area contributed by atoms with Crippen LogP contribution in [-0.4, -0.2) is 42.9 Å². The summed E-state index contributed by atoms with van der Waals surface area (Å²) in [5.74, 6) is 1.16. The standard InChI is InChI=1S/C28H28F3NO3/c29-28(30,31)21-7-3-19(4-8-21)25-18-35-26-17-22(33)9-12-24(26)27(25)20-5-10-23(11-6-20)34-16-15-32-13-1-2-14-32/h3-12,17,25,27,33H,1-2,13-16,18H2/t25-,27-/m1/s1. The van der Waals surface area contributed by atoms with Crippen molar-refractivity contribution in [3.05, 3.63) is 89.0 Å². The molecule has 0 saturated carbocycles. The van der Waals surface area contributed by atoms with Crippen molar-refractivity contribution in [1.29, 1.82) is 0 Å². The molecule has 0 bridgehead atoms. The summed E-state index contributed by atoms with van der Waals surface area (Å²) in [6.45, 7) is 4.10. The van der Waals surface area contributed by atoms with Gasteiger partial charge in [-0.3, -0.25) is 4.90 Å². The molecule has 0 unspecified atom stereocenters. The normalized spacial score (nSPS) is 20.3. The number of benzene rings is 3. The molecule has 2 atom stereocenters. The first-order chi connectivity index (χ1) is 16.9. The molecule has 184 valence electrons. The highest BCUT2D eigenvalue weighted by Crippen LogP contribution is 2.47. The van der Waals surface area contributed by atoms with Gasteiger partial charge in [0.2, 0.25) is 0 Å². The summed E-state index contributed by atoms with van der Waals surface area (Å²) in [7, 11) is 0. The molecule has 0 aromatic heterocycles. The van der Waals surface area contributed by atoms with Crippen molar-refractivity contribution in [2.45, 2.75) is 30.9 Å². The second-order valence-electron chi connectivity index (χ2n) is 9.20. The highest BCUT2D eigenvalue weighted by molar-refractivity contribution is 5.51. The molecule has 1 saturated heterocycles. The van der Waals surface area contributed by atoms with Gasteiger partial charge in [0.05, 0.1) is 12.2 Å². The van der Waals surface area contributed by atoms with Gasteiger partial charge in [0.25, 0.3) is 0 Å². The maximum atomic E-state index is 13.1. The molecule has 2 heterocycles.